The van der Waals surface area contributed by atoms with E-state index in [1.807, 2.05) is 0 Å². The standard InChI is InChI=1S/2ClH.Cu.Ru/h2*1H;;/q;;+2;/p-2. The molecule has 4 heteroatoms. The van der Waals surface area contributed by atoms with Crippen molar-refractivity contribution in [3.05, 3.63) is 0 Å². The first-order valence-electron chi connectivity index (χ1n) is 0.228. The third kappa shape index (κ3) is 9.30. The van der Waals surface area contributed by atoms with Crippen molar-refractivity contribution in [3.8, 4) is 0 Å². The summed E-state index contributed by atoms with van der Waals surface area (Å²) in [5.74, 6) is 0. The molecular formula is Cl2CuRu. The van der Waals surface area contributed by atoms with E-state index in [2.05, 4.69) is 20.2 Å². The van der Waals surface area contributed by atoms with Crippen LogP contribution in [0.25, 0.3) is 0 Å². The SMILES string of the molecule is [Cl][Cu][Cl].[Ru]. The predicted molar refractivity (Wildman–Crippen MR) is 11.7 cm³/mol. The van der Waals surface area contributed by atoms with E-state index in [0.717, 1.165) is 13.1 Å². The third-order valence-corrected chi connectivity index (χ3v) is 0. The van der Waals surface area contributed by atoms with Gasteiger partial charge in [0, 0.05) is 19.5 Å². The van der Waals surface area contributed by atoms with Gasteiger partial charge in [0.1, 0.15) is 0 Å². The average Bonchev–Trinajstić information content (AvgIpc) is 0.918. The minimum Gasteiger partial charge on any atom is 0 e. The maximum Gasteiger partial charge on any atom is 0 e. The first-order valence-corrected chi connectivity index (χ1v) is 2.82. The summed E-state index contributed by atoms with van der Waals surface area (Å²) in [4.78, 5) is 0. The Balaban J connectivity index is 0. The molecule has 0 bridgehead atoms. The number of halogens is 2. The quantitative estimate of drug-likeness (QED) is 0.557. The molecule has 0 rings (SSSR count). The Morgan fingerprint density at radius 1 is 1.25 bits per heavy atom. The monoisotopic (exact) mass is 235 g/mol. The van der Waals surface area contributed by atoms with E-state index in [0.29, 0.717) is 0 Å². The van der Waals surface area contributed by atoms with Crippen LogP contribution in [0.3, 0.4) is 0 Å². The zero-order chi connectivity index (χ0) is 2.71. The summed E-state index contributed by atoms with van der Waals surface area (Å²) in [6.45, 7) is 0. The molecule has 0 aliphatic heterocycles. The Labute approximate surface area is 52.6 Å². The van der Waals surface area contributed by atoms with Crippen LogP contribution in [0.2, 0.25) is 0 Å². The molecule has 0 N–H and O–H groups in total. The van der Waals surface area contributed by atoms with Gasteiger partial charge in [-0.1, -0.05) is 0 Å². The summed E-state index contributed by atoms with van der Waals surface area (Å²) in [5.41, 5.74) is 0. The van der Waals surface area contributed by atoms with Gasteiger partial charge in [0.2, 0.25) is 0 Å². The maximum absolute atomic E-state index is 4.67. The van der Waals surface area contributed by atoms with Crippen molar-refractivity contribution in [2.24, 2.45) is 0 Å². The number of hydrogen-bond acceptors (Lipinski definition) is 0. The molecule has 0 spiro atoms. The van der Waals surface area contributed by atoms with Crippen molar-refractivity contribution in [2.45, 2.75) is 0 Å². The molecule has 0 saturated heterocycles. The van der Waals surface area contributed by atoms with Crippen LogP contribution in [0.4, 0.5) is 0 Å². The van der Waals surface area contributed by atoms with E-state index < -0.39 is 0 Å². The summed E-state index contributed by atoms with van der Waals surface area (Å²) < 4.78 is 0. The van der Waals surface area contributed by atoms with Crippen LogP contribution in [0.15, 0.2) is 0 Å². The summed E-state index contributed by atoms with van der Waals surface area (Å²) in [6.07, 6.45) is 0. The zero-order valence-corrected chi connectivity index (χ0v) is 5.60. The molecule has 0 radical (unpaired) electrons. The Hall–Kier alpha value is 1.72. The molecule has 0 aromatic rings. The summed E-state index contributed by atoms with van der Waals surface area (Å²) in [7, 11) is 9.34. The van der Waals surface area contributed by atoms with Gasteiger partial charge in [-0.3, -0.25) is 0 Å². The Bertz CT molecular complexity index is 6.00. The molecule has 0 aromatic heterocycles. The molecule has 0 nitrogen and oxygen atoms in total. The van der Waals surface area contributed by atoms with E-state index in [9.17, 15) is 0 Å². The molecule has 0 aliphatic rings. The van der Waals surface area contributed by atoms with Crippen molar-refractivity contribution < 1.29 is 32.6 Å². The van der Waals surface area contributed by atoms with Crippen LogP contribution in [0, 0.1) is 0 Å². The molecule has 0 fully saturated rings. The first-order chi connectivity index (χ1) is 1.41. The van der Waals surface area contributed by atoms with Gasteiger partial charge >= 0.3 is 33.3 Å². The summed E-state index contributed by atoms with van der Waals surface area (Å²) >= 11 is 0.757. The summed E-state index contributed by atoms with van der Waals surface area (Å²) in [6, 6.07) is 0. The molecular weight excluding hydrogens is 236 g/mol. The van der Waals surface area contributed by atoms with Crippen molar-refractivity contribution >= 4 is 20.2 Å². The number of hydrogen-bond donors (Lipinski definition) is 0. The van der Waals surface area contributed by atoms with Crippen molar-refractivity contribution in [3.63, 3.8) is 0 Å². The molecule has 33 valence electrons. The van der Waals surface area contributed by atoms with Crippen LogP contribution in [0.1, 0.15) is 0 Å². The molecule has 0 unspecified atom stereocenters. The van der Waals surface area contributed by atoms with E-state index in [1.165, 1.54) is 0 Å². The van der Waals surface area contributed by atoms with E-state index in [4.69, 9.17) is 0 Å². The van der Waals surface area contributed by atoms with Gasteiger partial charge in [0.05, 0.1) is 0 Å². The minimum atomic E-state index is 0. The van der Waals surface area contributed by atoms with Gasteiger partial charge in [0.15, 0.2) is 0 Å². The molecule has 0 aromatic carbocycles. The topological polar surface area (TPSA) is 0 Å². The van der Waals surface area contributed by atoms with Gasteiger partial charge in [-0.25, -0.2) is 0 Å². The molecule has 0 atom stereocenters. The third-order valence-electron chi connectivity index (χ3n) is 0. The minimum absolute atomic E-state index is 0. The van der Waals surface area contributed by atoms with Gasteiger partial charge in [-0.15, -0.1) is 0 Å². The Morgan fingerprint density at radius 3 is 1.25 bits per heavy atom. The van der Waals surface area contributed by atoms with Crippen LogP contribution >= 0.6 is 20.2 Å². The Kier molecular flexibility index (Phi) is 20.3. The van der Waals surface area contributed by atoms with Crippen molar-refractivity contribution in [2.75, 3.05) is 0 Å². The van der Waals surface area contributed by atoms with Gasteiger partial charge in [0.25, 0.3) is 0 Å². The van der Waals surface area contributed by atoms with Crippen LogP contribution in [-0.4, -0.2) is 0 Å². The fourth-order valence-corrected chi connectivity index (χ4v) is 0. The first kappa shape index (κ1) is 9.21. The molecule has 0 amide bonds. The Morgan fingerprint density at radius 2 is 1.25 bits per heavy atom. The molecule has 4 heavy (non-hydrogen) atoms. The normalized spacial score (nSPS) is 5.50. The molecule has 0 saturated carbocycles. The zero-order valence-electron chi connectivity index (χ0n) is 1.41. The second kappa shape index (κ2) is 8.83. The second-order valence-corrected chi connectivity index (χ2v) is 1.60. The van der Waals surface area contributed by atoms with Crippen LogP contribution in [0.5, 0.6) is 0 Å². The summed E-state index contributed by atoms with van der Waals surface area (Å²) in [5, 5.41) is 0. The van der Waals surface area contributed by atoms with Gasteiger partial charge in [-0.05, 0) is 0 Å². The van der Waals surface area contributed by atoms with Gasteiger partial charge < -0.3 is 0 Å². The number of rotatable bonds is 0. The maximum atomic E-state index is 4.67. The van der Waals surface area contributed by atoms with Gasteiger partial charge in [-0.2, -0.15) is 0 Å². The van der Waals surface area contributed by atoms with Crippen LogP contribution < -0.4 is 0 Å². The second-order valence-electron chi connectivity index (χ2n) is 0.0431. The smallest absolute Gasteiger partial charge is 0 e. The molecule has 0 aliphatic carbocycles. The van der Waals surface area contributed by atoms with E-state index in [-0.39, 0.29) is 19.5 Å². The van der Waals surface area contributed by atoms with Crippen molar-refractivity contribution in [1.29, 1.82) is 0 Å². The van der Waals surface area contributed by atoms with Crippen LogP contribution in [-0.2, 0) is 32.6 Å². The average molecular weight is 236 g/mol. The van der Waals surface area contributed by atoms with E-state index >= 15 is 0 Å². The van der Waals surface area contributed by atoms with E-state index in [1.54, 1.807) is 0 Å². The predicted octanol–water partition coefficient (Wildman–Crippen LogP) is 1.37. The fourth-order valence-electron chi connectivity index (χ4n) is 0. The molecule has 0 heterocycles. The van der Waals surface area contributed by atoms with Crippen molar-refractivity contribution in [1.82, 2.24) is 0 Å². The fraction of sp³-hybridized carbons (Fsp3) is 0. The largest absolute Gasteiger partial charge is 0 e.